The van der Waals surface area contributed by atoms with Crippen LogP contribution in [0.4, 0.5) is 5.69 Å². The first-order valence-electron chi connectivity index (χ1n) is 10.4. The van der Waals surface area contributed by atoms with Gasteiger partial charge in [0.15, 0.2) is 11.5 Å². The Morgan fingerprint density at radius 1 is 1.12 bits per heavy atom. The number of rotatable bonds is 6. The van der Waals surface area contributed by atoms with E-state index >= 15 is 0 Å². The number of carbonyl (C=O) groups excluding carboxylic acids is 1. The Morgan fingerprint density at radius 3 is 2.66 bits per heavy atom. The SMILES string of the molecule is COc1ccc(NC(=O)c2cc(C3CC3)nc3c2c(C)nn3-c2ccccn2)c(OC)c1. The lowest BCUT2D eigenvalue weighted by Gasteiger charge is -2.13. The summed E-state index contributed by atoms with van der Waals surface area (Å²) < 4.78 is 12.4. The molecule has 0 radical (unpaired) electrons. The van der Waals surface area contributed by atoms with Gasteiger partial charge in [0.05, 0.1) is 36.6 Å². The first-order valence-corrected chi connectivity index (χ1v) is 10.4. The Labute approximate surface area is 185 Å². The molecule has 1 aromatic carbocycles. The molecule has 0 unspecified atom stereocenters. The highest BCUT2D eigenvalue weighted by molar-refractivity contribution is 6.13. The second-order valence-electron chi connectivity index (χ2n) is 7.77. The summed E-state index contributed by atoms with van der Waals surface area (Å²) in [6.07, 6.45) is 3.86. The van der Waals surface area contributed by atoms with E-state index in [4.69, 9.17) is 14.5 Å². The van der Waals surface area contributed by atoms with E-state index in [1.165, 1.54) is 0 Å². The maximum absolute atomic E-state index is 13.5. The van der Waals surface area contributed by atoms with Crippen molar-refractivity contribution in [2.45, 2.75) is 25.7 Å². The molecule has 1 amide bonds. The molecular formula is C24H23N5O3. The van der Waals surface area contributed by atoms with Gasteiger partial charge in [-0.25, -0.2) is 9.97 Å². The first-order chi connectivity index (χ1) is 15.6. The van der Waals surface area contributed by atoms with Crippen molar-refractivity contribution in [2.24, 2.45) is 0 Å². The van der Waals surface area contributed by atoms with E-state index in [2.05, 4.69) is 15.4 Å². The fraction of sp³-hybridized carbons (Fsp3) is 0.250. The van der Waals surface area contributed by atoms with Crippen LogP contribution < -0.4 is 14.8 Å². The fourth-order valence-electron chi connectivity index (χ4n) is 3.81. The normalized spacial score (nSPS) is 13.2. The van der Waals surface area contributed by atoms with Crippen LogP contribution in [-0.4, -0.2) is 39.9 Å². The highest BCUT2D eigenvalue weighted by Gasteiger charge is 2.29. The average molecular weight is 429 g/mol. The zero-order chi connectivity index (χ0) is 22.2. The summed E-state index contributed by atoms with van der Waals surface area (Å²) in [7, 11) is 3.14. The number of aromatic nitrogens is 4. The molecule has 4 aromatic rings. The van der Waals surface area contributed by atoms with E-state index in [0.29, 0.717) is 51.2 Å². The van der Waals surface area contributed by atoms with Crippen molar-refractivity contribution in [1.82, 2.24) is 19.7 Å². The van der Waals surface area contributed by atoms with Gasteiger partial charge in [0, 0.05) is 23.9 Å². The van der Waals surface area contributed by atoms with Crippen molar-refractivity contribution in [3.63, 3.8) is 0 Å². The summed E-state index contributed by atoms with van der Waals surface area (Å²) in [5.74, 6) is 1.95. The Kier molecular flexibility index (Phi) is 4.97. The molecule has 1 aliphatic rings. The van der Waals surface area contributed by atoms with Crippen LogP contribution in [0.3, 0.4) is 0 Å². The molecule has 0 atom stereocenters. The van der Waals surface area contributed by atoms with Crippen LogP contribution in [0.2, 0.25) is 0 Å². The van der Waals surface area contributed by atoms with E-state index in [0.717, 1.165) is 18.5 Å². The quantitative estimate of drug-likeness (QED) is 0.492. The van der Waals surface area contributed by atoms with Crippen LogP contribution in [0.15, 0.2) is 48.7 Å². The van der Waals surface area contributed by atoms with Crippen LogP contribution in [0.1, 0.15) is 40.5 Å². The minimum absolute atomic E-state index is 0.244. The van der Waals surface area contributed by atoms with Gasteiger partial charge in [-0.3, -0.25) is 4.79 Å². The van der Waals surface area contributed by atoms with Gasteiger partial charge in [0.2, 0.25) is 0 Å². The Hall–Kier alpha value is -3.94. The van der Waals surface area contributed by atoms with Crippen molar-refractivity contribution in [2.75, 3.05) is 19.5 Å². The zero-order valence-corrected chi connectivity index (χ0v) is 18.1. The van der Waals surface area contributed by atoms with E-state index in [1.54, 1.807) is 43.3 Å². The van der Waals surface area contributed by atoms with Gasteiger partial charge >= 0.3 is 0 Å². The lowest BCUT2D eigenvalue weighted by Crippen LogP contribution is -2.14. The highest BCUT2D eigenvalue weighted by Crippen LogP contribution is 2.41. The summed E-state index contributed by atoms with van der Waals surface area (Å²) in [5.41, 5.74) is 3.35. The third kappa shape index (κ3) is 3.53. The molecule has 3 aromatic heterocycles. The number of pyridine rings is 2. The van der Waals surface area contributed by atoms with Gasteiger partial charge in [0.1, 0.15) is 11.5 Å². The van der Waals surface area contributed by atoms with Crippen molar-refractivity contribution in [3.05, 3.63) is 65.6 Å². The Balaban J connectivity index is 1.62. The summed E-state index contributed by atoms with van der Waals surface area (Å²) in [4.78, 5) is 22.8. The summed E-state index contributed by atoms with van der Waals surface area (Å²) in [6, 6.07) is 12.8. The molecule has 0 bridgehead atoms. The second-order valence-corrected chi connectivity index (χ2v) is 7.77. The summed E-state index contributed by atoms with van der Waals surface area (Å²) >= 11 is 0. The van der Waals surface area contributed by atoms with Gasteiger partial charge in [-0.15, -0.1) is 0 Å². The topological polar surface area (TPSA) is 91.2 Å². The highest BCUT2D eigenvalue weighted by atomic mass is 16.5. The van der Waals surface area contributed by atoms with Gasteiger partial charge in [-0.05, 0) is 50.1 Å². The van der Waals surface area contributed by atoms with E-state index < -0.39 is 0 Å². The minimum atomic E-state index is -0.244. The molecule has 162 valence electrons. The number of nitrogens with zero attached hydrogens (tertiary/aromatic N) is 4. The summed E-state index contributed by atoms with van der Waals surface area (Å²) in [5, 5.41) is 8.35. The van der Waals surface area contributed by atoms with Crippen LogP contribution in [0.25, 0.3) is 16.9 Å². The minimum Gasteiger partial charge on any atom is -0.497 e. The third-order valence-corrected chi connectivity index (χ3v) is 5.60. The molecule has 1 saturated carbocycles. The molecule has 8 nitrogen and oxygen atoms in total. The largest absolute Gasteiger partial charge is 0.497 e. The molecule has 5 rings (SSSR count). The number of aryl methyl sites for hydroxylation is 1. The average Bonchev–Trinajstić information content (AvgIpc) is 3.63. The van der Waals surface area contributed by atoms with Gasteiger partial charge in [-0.1, -0.05) is 6.07 Å². The van der Waals surface area contributed by atoms with Gasteiger partial charge in [-0.2, -0.15) is 9.78 Å². The van der Waals surface area contributed by atoms with Crippen molar-refractivity contribution in [3.8, 4) is 17.3 Å². The predicted molar refractivity (Wildman–Crippen MR) is 121 cm³/mol. The van der Waals surface area contributed by atoms with E-state index in [9.17, 15) is 4.79 Å². The molecule has 1 fully saturated rings. The molecule has 32 heavy (non-hydrogen) atoms. The lowest BCUT2D eigenvalue weighted by atomic mass is 10.1. The molecular weight excluding hydrogens is 406 g/mol. The molecule has 3 heterocycles. The molecule has 0 spiro atoms. The Bertz CT molecular complexity index is 1310. The van der Waals surface area contributed by atoms with Crippen LogP contribution in [-0.2, 0) is 0 Å². The third-order valence-electron chi connectivity index (χ3n) is 5.60. The van der Waals surface area contributed by atoms with Gasteiger partial charge in [0.25, 0.3) is 5.91 Å². The van der Waals surface area contributed by atoms with Crippen molar-refractivity contribution in [1.29, 1.82) is 0 Å². The smallest absolute Gasteiger partial charge is 0.256 e. The van der Waals surface area contributed by atoms with Gasteiger partial charge < -0.3 is 14.8 Å². The standard InChI is InChI=1S/C24H23N5O3/c1-14-22-17(24(30)27-18-10-9-16(31-2)12-20(18)32-3)13-19(15-7-8-15)26-23(22)29(28-14)21-6-4-5-11-25-21/h4-6,9-13,15H,7-8H2,1-3H3,(H,27,30). The first kappa shape index (κ1) is 20.0. The Morgan fingerprint density at radius 2 is 1.97 bits per heavy atom. The predicted octanol–water partition coefficient (Wildman–Crippen LogP) is 4.27. The number of benzene rings is 1. The van der Waals surface area contributed by atoms with Crippen molar-refractivity contribution >= 4 is 22.6 Å². The maximum atomic E-state index is 13.5. The molecule has 0 saturated heterocycles. The number of nitrogens with one attached hydrogen (secondary N) is 1. The molecule has 1 aliphatic carbocycles. The maximum Gasteiger partial charge on any atom is 0.256 e. The van der Waals surface area contributed by atoms with E-state index in [1.807, 2.05) is 31.2 Å². The number of carbonyl (C=O) groups is 1. The number of methoxy groups -OCH3 is 2. The molecule has 8 heteroatoms. The number of ether oxygens (including phenoxy) is 2. The van der Waals surface area contributed by atoms with Crippen LogP contribution >= 0.6 is 0 Å². The number of hydrogen-bond donors (Lipinski definition) is 1. The number of amides is 1. The number of hydrogen-bond acceptors (Lipinski definition) is 6. The fourth-order valence-corrected chi connectivity index (χ4v) is 3.81. The van der Waals surface area contributed by atoms with Crippen molar-refractivity contribution < 1.29 is 14.3 Å². The summed E-state index contributed by atoms with van der Waals surface area (Å²) in [6.45, 7) is 1.88. The lowest BCUT2D eigenvalue weighted by molar-refractivity contribution is 0.102. The molecule has 0 aliphatic heterocycles. The molecule has 1 N–H and O–H groups in total. The second kappa shape index (κ2) is 7.96. The monoisotopic (exact) mass is 429 g/mol. The van der Waals surface area contributed by atoms with Crippen LogP contribution in [0, 0.1) is 6.92 Å². The van der Waals surface area contributed by atoms with E-state index in [-0.39, 0.29) is 5.91 Å². The number of fused-ring (bicyclic) bond motifs is 1. The zero-order valence-electron chi connectivity index (χ0n) is 18.1. The van der Waals surface area contributed by atoms with Crippen LogP contribution in [0.5, 0.6) is 11.5 Å². The number of anilines is 1.